The Balaban J connectivity index is 1.64. The molecule has 0 unspecified atom stereocenters. The van der Waals surface area contributed by atoms with Crippen LogP contribution in [0.2, 0.25) is 0 Å². The van der Waals surface area contributed by atoms with Gasteiger partial charge in [0.25, 0.3) is 15.9 Å². The SMILES string of the molecule is O=C(NCc1ccccc1)c1ccc(NS(=O)(=O)c2ccccc2)cc1. The summed E-state index contributed by atoms with van der Waals surface area (Å²) >= 11 is 0. The number of carbonyl (C=O) groups excluding carboxylic acids is 1. The van der Waals surface area contributed by atoms with E-state index in [1.54, 1.807) is 42.5 Å². The van der Waals surface area contributed by atoms with Gasteiger partial charge >= 0.3 is 0 Å². The molecule has 2 N–H and O–H groups in total. The van der Waals surface area contributed by atoms with E-state index in [1.807, 2.05) is 30.3 Å². The second-order valence-corrected chi connectivity index (χ2v) is 7.35. The summed E-state index contributed by atoms with van der Waals surface area (Å²) in [6.45, 7) is 0.433. The zero-order chi connectivity index (χ0) is 18.4. The highest BCUT2D eigenvalue weighted by Gasteiger charge is 2.13. The van der Waals surface area contributed by atoms with Crippen molar-refractivity contribution in [3.63, 3.8) is 0 Å². The van der Waals surface area contributed by atoms with Gasteiger partial charge < -0.3 is 5.32 Å². The third-order valence-corrected chi connectivity index (χ3v) is 5.15. The van der Waals surface area contributed by atoms with Crippen LogP contribution in [0.1, 0.15) is 15.9 Å². The summed E-state index contributed by atoms with van der Waals surface area (Å²) in [6.07, 6.45) is 0. The Morgan fingerprint density at radius 1 is 0.769 bits per heavy atom. The molecule has 5 nitrogen and oxygen atoms in total. The first kappa shape index (κ1) is 17.7. The lowest BCUT2D eigenvalue weighted by atomic mass is 10.2. The number of rotatable bonds is 6. The summed E-state index contributed by atoms with van der Waals surface area (Å²) in [5, 5.41) is 2.83. The van der Waals surface area contributed by atoms with E-state index in [0.717, 1.165) is 5.56 Å². The molecule has 0 saturated heterocycles. The molecular formula is C20H18N2O3S. The molecule has 0 fully saturated rings. The van der Waals surface area contributed by atoms with E-state index >= 15 is 0 Å². The number of hydrogen-bond acceptors (Lipinski definition) is 3. The zero-order valence-electron chi connectivity index (χ0n) is 13.9. The van der Waals surface area contributed by atoms with Crippen molar-refractivity contribution in [1.82, 2.24) is 5.32 Å². The van der Waals surface area contributed by atoms with Crippen molar-refractivity contribution in [2.45, 2.75) is 11.4 Å². The van der Waals surface area contributed by atoms with Crippen LogP contribution in [0.3, 0.4) is 0 Å². The monoisotopic (exact) mass is 366 g/mol. The molecule has 0 aliphatic heterocycles. The van der Waals surface area contributed by atoms with Crippen LogP contribution in [0, 0.1) is 0 Å². The molecule has 0 aliphatic rings. The first-order chi connectivity index (χ1) is 12.5. The summed E-state index contributed by atoms with van der Waals surface area (Å²) in [5.74, 6) is -0.216. The molecule has 0 spiro atoms. The maximum absolute atomic E-state index is 12.3. The molecule has 132 valence electrons. The molecule has 3 aromatic rings. The minimum Gasteiger partial charge on any atom is -0.348 e. The van der Waals surface area contributed by atoms with Crippen molar-refractivity contribution in [2.24, 2.45) is 0 Å². The molecule has 0 radical (unpaired) electrons. The Kier molecular flexibility index (Phi) is 5.34. The molecular weight excluding hydrogens is 348 g/mol. The first-order valence-electron chi connectivity index (χ1n) is 8.05. The average molecular weight is 366 g/mol. The Bertz CT molecular complexity index is 971. The topological polar surface area (TPSA) is 75.3 Å². The maximum atomic E-state index is 12.3. The smallest absolute Gasteiger partial charge is 0.261 e. The number of sulfonamides is 1. The number of carbonyl (C=O) groups is 1. The number of nitrogens with one attached hydrogen (secondary N) is 2. The van der Waals surface area contributed by atoms with Gasteiger partial charge in [0.05, 0.1) is 4.90 Å². The Morgan fingerprint density at radius 3 is 1.96 bits per heavy atom. The molecule has 6 heteroatoms. The van der Waals surface area contributed by atoms with Crippen molar-refractivity contribution >= 4 is 21.6 Å². The fourth-order valence-electron chi connectivity index (χ4n) is 2.38. The van der Waals surface area contributed by atoms with Crippen LogP contribution in [-0.4, -0.2) is 14.3 Å². The molecule has 0 atom stereocenters. The van der Waals surface area contributed by atoms with Gasteiger partial charge in [-0.15, -0.1) is 0 Å². The predicted octanol–water partition coefficient (Wildman–Crippen LogP) is 3.42. The molecule has 1 amide bonds. The number of benzene rings is 3. The van der Waals surface area contributed by atoms with Crippen molar-refractivity contribution in [2.75, 3.05) is 4.72 Å². The summed E-state index contributed by atoms with van der Waals surface area (Å²) in [5.41, 5.74) is 1.87. The van der Waals surface area contributed by atoms with Gasteiger partial charge in [-0.05, 0) is 42.0 Å². The molecule has 0 bridgehead atoms. The van der Waals surface area contributed by atoms with E-state index in [1.165, 1.54) is 12.1 Å². The molecule has 3 rings (SSSR count). The van der Waals surface area contributed by atoms with Gasteiger partial charge in [0.1, 0.15) is 0 Å². The quantitative estimate of drug-likeness (QED) is 0.702. The van der Waals surface area contributed by atoms with Crippen molar-refractivity contribution in [3.05, 3.63) is 96.1 Å². The van der Waals surface area contributed by atoms with E-state index in [4.69, 9.17) is 0 Å². The normalized spacial score (nSPS) is 10.9. The van der Waals surface area contributed by atoms with Crippen LogP contribution in [0.5, 0.6) is 0 Å². The molecule has 3 aromatic carbocycles. The van der Waals surface area contributed by atoms with Crippen LogP contribution >= 0.6 is 0 Å². The maximum Gasteiger partial charge on any atom is 0.261 e. The Hall–Kier alpha value is -3.12. The van der Waals surface area contributed by atoms with Gasteiger partial charge in [0.15, 0.2) is 0 Å². The predicted molar refractivity (Wildman–Crippen MR) is 101 cm³/mol. The van der Waals surface area contributed by atoms with E-state index in [2.05, 4.69) is 10.0 Å². The van der Waals surface area contributed by atoms with Gasteiger partial charge in [-0.1, -0.05) is 48.5 Å². The summed E-state index contributed by atoms with van der Waals surface area (Å²) in [7, 11) is -3.64. The second-order valence-electron chi connectivity index (χ2n) is 5.66. The standard InChI is InChI=1S/C20H18N2O3S/c23-20(21-15-16-7-3-1-4-8-16)17-11-13-18(14-12-17)22-26(24,25)19-9-5-2-6-10-19/h1-14,22H,15H2,(H,21,23). The Morgan fingerprint density at radius 2 is 1.35 bits per heavy atom. The lowest BCUT2D eigenvalue weighted by Gasteiger charge is -2.09. The lowest BCUT2D eigenvalue weighted by Crippen LogP contribution is -2.22. The Labute approximate surface area is 152 Å². The lowest BCUT2D eigenvalue weighted by molar-refractivity contribution is 0.0951. The first-order valence-corrected chi connectivity index (χ1v) is 9.53. The van der Waals surface area contributed by atoms with Crippen LogP contribution in [0.15, 0.2) is 89.8 Å². The van der Waals surface area contributed by atoms with Crippen LogP contribution in [-0.2, 0) is 16.6 Å². The minimum atomic E-state index is -3.64. The van der Waals surface area contributed by atoms with Gasteiger partial charge in [-0.3, -0.25) is 9.52 Å². The zero-order valence-corrected chi connectivity index (χ0v) is 14.7. The van der Waals surface area contributed by atoms with Crippen molar-refractivity contribution in [1.29, 1.82) is 0 Å². The van der Waals surface area contributed by atoms with Gasteiger partial charge in [0, 0.05) is 17.8 Å². The number of amides is 1. The van der Waals surface area contributed by atoms with Crippen LogP contribution < -0.4 is 10.0 Å². The molecule has 0 heterocycles. The van der Waals surface area contributed by atoms with E-state index in [9.17, 15) is 13.2 Å². The van der Waals surface area contributed by atoms with Gasteiger partial charge in [-0.2, -0.15) is 0 Å². The number of anilines is 1. The molecule has 0 aromatic heterocycles. The molecule has 26 heavy (non-hydrogen) atoms. The van der Waals surface area contributed by atoms with E-state index in [0.29, 0.717) is 17.8 Å². The van der Waals surface area contributed by atoms with Crippen molar-refractivity contribution < 1.29 is 13.2 Å². The highest BCUT2D eigenvalue weighted by Crippen LogP contribution is 2.16. The van der Waals surface area contributed by atoms with E-state index in [-0.39, 0.29) is 10.8 Å². The number of hydrogen-bond donors (Lipinski definition) is 2. The van der Waals surface area contributed by atoms with E-state index < -0.39 is 10.0 Å². The molecule has 0 saturated carbocycles. The third-order valence-electron chi connectivity index (χ3n) is 3.75. The fraction of sp³-hybridized carbons (Fsp3) is 0.0500. The third kappa shape index (κ3) is 4.49. The van der Waals surface area contributed by atoms with Gasteiger partial charge in [-0.25, -0.2) is 8.42 Å². The average Bonchev–Trinajstić information content (AvgIpc) is 2.68. The fourth-order valence-corrected chi connectivity index (χ4v) is 3.46. The largest absolute Gasteiger partial charge is 0.348 e. The highest BCUT2D eigenvalue weighted by molar-refractivity contribution is 7.92. The minimum absolute atomic E-state index is 0.185. The van der Waals surface area contributed by atoms with Crippen LogP contribution in [0.4, 0.5) is 5.69 Å². The summed E-state index contributed by atoms with van der Waals surface area (Å²) in [6, 6.07) is 24.0. The highest BCUT2D eigenvalue weighted by atomic mass is 32.2. The molecule has 0 aliphatic carbocycles. The van der Waals surface area contributed by atoms with Gasteiger partial charge in [0.2, 0.25) is 0 Å². The summed E-state index contributed by atoms with van der Waals surface area (Å²) in [4.78, 5) is 12.4. The van der Waals surface area contributed by atoms with Crippen LogP contribution in [0.25, 0.3) is 0 Å². The second kappa shape index (κ2) is 7.84. The van der Waals surface area contributed by atoms with Crippen molar-refractivity contribution in [3.8, 4) is 0 Å². The summed E-state index contributed by atoms with van der Waals surface area (Å²) < 4.78 is 27.1.